The molecule has 0 aliphatic carbocycles. The molecule has 0 saturated carbocycles. The summed E-state index contributed by atoms with van der Waals surface area (Å²) in [5.74, 6) is 0.742. The van der Waals surface area contributed by atoms with E-state index in [2.05, 4.69) is 12.6 Å². The van der Waals surface area contributed by atoms with Crippen molar-refractivity contribution in [2.24, 2.45) is 0 Å². The molecule has 0 bridgehead atoms. The molecule has 32 heavy (non-hydrogen) atoms. The van der Waals surface area contributed by atoms with Gasteiger partial charge in [-0.1, -0.05) is 48.3 Å². The first-order valence-electron chi connectivity index (χ1n) is 10.3. The average molecular weight is 462 g/mol. The number of ether oxygens (including phenoxy) is 1. The highest BCUT2D eigenvalue weighted by Crippen LogP contribution is 2.35. The molecule has 0 radical (unpaired) electrons. The zero-order chi connectivity index (χ0) is 22.7. The summed E-state index contributed by atoms with van der Waals surface area (Å²) in [5, 5.41) is 4.86. The number of hydrogen-bond acceptors (Lipinski definition) is 5. The van der Waals surface area contributed by atoms with Crippen molar-refractivity contribution in [1.29, 1.82) is 0 Å². The third-order valence-corrected chi connectivity index (χ3v) is 6.36. The zero-order valence-electron chi connectivity index (χ0n) is 17.9. The summed E-state index contributed by atoms with van der Waals surface area (Å²) in [6.07, 6.45) is 5.49. The summed E-state index contributed by atoms with van der Waals surface area (Å²) >= 11 is 6.69. The molecular formula is C25H23N3O2S2. The molecular weight excluding hydrogens is 438 g/mol. The zero-order valence-corrected chi connectivity index (χ0v) is 19.6. The summed E-state index contributed by atoms with van der Waals surface area (Å²) in [4.78, 5) is 15.0. The van der Waals surface area contributed by atoms with E-state index in [1.54, 1.807) is 11.0 Å². The number of benzene rings is 2. The average Bonchev–Trinajstić information content (AvgIpc) is 3.33. The summed E-state index contributed by atoms with van der Waals surface area (Å²) in [6.45, 7) is 8.71. The van der Waals surface area contributed by atoms with E-state index in [0.717, 1.165) is 33.8 Å². The summed E-state index contributed by atoms with van der Waals surface area (Å²) in [7, 11) is 0. The first-order chi connectivity index (χ1) is 15.5. The lowest BCUT2D eigenvalue weighted by Crippen LogP contribution is -2.27. The molecule has 7 heteroatoms. The van der Waals surface area contributed by atoms with Crippen LogP contribution in [0.2, 0.25) is 0 Å². The van der Waals surface area contributed by atoms with Crippen LogP contribution in [0, 0.1) is 6.92 Å². The maximum absolute atomic E-state index is 12.9. The lowest BCUT2D eigenvalue weighted by molar-refractivity contribution is -0.121. The van der Waals surface area contributed by atoms with E-state index in [1.165, 1.54) is 11.8 Å². The van der Waals surface area contributed by atoms with Gasteiger partial charge >= 0.3 is 0 Å². The van der Waals surface area contributed by atoms with Crippen LogP contribution < -0.4 is 4.74 Å². The fourth-order valence-corrected chi connectivity index (χ4v) is 4.74. The molecule has 1 aliphatic heterocycles. The number of thiocarbonyl (C=S) groups is 1. The smallest absolute Gasteiger partial charge is 0.266 e. The van der Waals surface area contributed by atoms with Gasteiger partial charge in [0, 0.05) is 23.9 Å². The van der Waals surface area contributed by atoms with Crippen LogP contribution in [0.4, 0.5) is 0 Å². The van der Waals surface area contributed by atoms with Crippen LogP contribution in [0.25, 0.3) is 23.0 Å². The molecule has 0 atom stereocenters. The van der Waals surface area contributed by atoms with E-state index < -0.39 is 0 Å². The third-order valence-electron chi connectivity index (χ3n) is 4.98. The van der Waals surface area contributed by atoms with Gasteiger partial charge in [-0.05, 0) is 55.8 Å². The molecule has 1 aromatic heterocycles. The van der Waals surface area contributed by atoms with Gasteiger partial charge in [-0.3, -0.25) is 9.69 Å². The van der Waals surface area contributed by atoms with Crippen molar-refractivity contribution >= 4 is 40.3 Å². The SMILES string of the molecule is C=CCN1C(=O)/C(=C/c2cn(-c3ccccc3)nc2-c2ccc(OCC)c(C)c2)SC1=S. The van der Waals surface area contributed by atoms with Crippen molar-refractivity contribution in [3.63, 3.8) is 0 Å². The normalized spacial score (nSPS) is 14.9. The van der Waals surface area contributed by atoms with Crippen LogP contribution in [0.5, 0.6) is 5.75 Å². The first-order valence-corrected chi connectivity index (χ1v) is 11.5. The Labute approximate surface area is 197 Å². The quantitative estimate of drug-likeness (QED) is 0.259. The Bertz CT molecular complexity index is 1220. The highest BCUT2D eigenvalue weighted by molar-refractivity contribution is 8.26. The molecule has 4 rings (SSSR count). The van der Waals surface area contributed by atoms with Gasteiger partial charge in [-0.15, -0.1) is 6.58 Å². The lowest BCUT2D eigenvalue weighted by atomic mass is 10.0. The molecule has 0 N–H and O–H groups in total. The van der Waals surface area contributed by atoms with Gasteiger partial charge in [-0.25, -0.2) is 4.68 Å². The minimum Gasteiger partial charge on any atom is -0.494 e. The number of rotatable bonds is 7. The molecule has 0 spiro atoms. The number of carbonyl (C=O) groups is 1. The number of aromatic nitrogens is 2. The number of thioether (sulfide) groups is 1. The number of amides is 1. The largest absolute Gasteiger partial charge is 0.494 e. The van der Waals surface area contributed by atoms with Crippen molar-refractivity contribution in [3.8, 4) is 22.7 Å². The van der Waals surface area contributed by atoms with E-state index in [-0.39, 0.29) is 5.91 Å². The van der Waals surface area contributed by atoms with Crippen molar-refractivity contribution in [2.75, 3.05) is 13.2 Å². The molecule has 3 aromatic rings. The summed E-state index contributed by atoms with van der Waals surface area (Å²) in [6, 6.07) is 15.9. The van der Waals surface area contributed by atoms with Gasteiger partial charge in [0.25, 0.3) is 5.91 Å². The second-order valence-corrected chi connectivity index (χ2v) is 8.88. The fraction of sp³-hybridized carbons (Fsp3) is 0.160. The van der Waals surface area contributed by atoms with E-state index in [1.807, 2.05) is 73.3 Å². The number of carbonyl (C=O) groups excluding carboxylic acids is 1. The van der Waals surface area contributed by atoms with Crippen LogP contribution in [0.15, 0.2) is 72.3 Å². The molecule has 1 saturated heterocycles. The van der Waals surface area contributed by atoms with Crippen molar-refractivity contribution in [2.45, 2.75) is 13.8 Å². The predicted octanol–water partition coefficient (Wildman–Crippen LogP) is 5.63. The van der Waals surface area contributed by atoms with E-state index in [4.69, 9.17) is 22.1 Å². The highest BCUT2D eigenvalue weighted by Gasteiger charge is 2.31. The lowest BCUT2D eigenvalue weighted by Gasteiger charge is -2.10. The highest BCUT2D eigenvalue weighted by atomic mass is 32.2. The van der Waals surface area contributed by atoms with Crippen LogP contribution >= 0.6 is 24.0 Å². The molecule has 162 valence electrons. The number of para-hydroxylation sites is 1. The van der Waals surface area contributed by atoms with E-state index in [9.17, 15) is 4.79 Å². The van der Waals surface area contributed by atoms with Crippen LogP contribution in [-0.2, 0) is 4.79 Å². The van der Waals surface area contributed by atoms with Crippen molar-refractivity contribution in [3.05, 3.63) is 83.4 Å². The van der Waals surface area contributed by atoms with Crippen LogP contribution in [-0.4, -0.2) is 38.1 Å². The Morgan fingerprint density at radius 3 is 2.69 bits per heavy atom. The van der Waals surface area contributed by atoms with Gasteiger partial charge in [0.2, 0.25) is 0 Å². The van der Waals surface area contributed by atoms with Gasteiger partial charge in [0.05, 0.1) is 17.2 Å². The first kappa shape index (κ1) is 22.0. The topological polar surface area (TPSA) is 47.4 Å². The minimum absolute atomic E-state index is 0.110. The van der Waals surface area contributed by atoms with Gasteiger partial charge in [0.1, 0.15) is 15.8 Å². The Morgan fingerprint density at radius 2 is 2.00 bits per heavy atom. The van der Waals surface area contributed by atoms with Crippen LogP contribution in [0.1, 0.15) is 18.1 Å². The standard InChI is InChI=1S/C25H23N3O2S2/c1-4-13-27-24(29)22(32-25(27)31)15-19-16-28(20-9-7-6-8-10-20)26-23(19)18-11-12-21(30-5-2)17(3)14-18/h4,6-12,14-16H,1,5,13H2,2-3H3/b22-15-. The fourth-order valence-electron chi connectivity index (χ4n) is 3.47. The van der Waals surface area contributed by atoms with E-state index >= 15 is 0 Å². The summed E-state index contributed by atoms with van der Waals surface area (Å²) < 4.78 is 8.05. The molecule has 1 amide bonds. The Kier molecular flexibility index (Phi) is 6.58. The molecule has 2 heterocycles. The molecule has 0 unspecified atom stereocenters. The Balaban J connectivity index is 1.80. The van der Waals surface area contributed by atoms with Gasteiger partial charge in [0.15, 0.2) is 0 Å². The molecule has 1 aliphatic rings. The maximum atomic E-state index is 12.9. The van der Waals surface area contributed by atoms with Gasteiger partial charge in [-0.2, -0.15) is 5.10 Å². The maximum Gasteiger partial charge on any atom is 0.266 e. The van der Waals surface area contributed by atoms with Crippen LogP contribution in [0.3, 0.4) is 0 Å². The predicted molar refractivity (Wildman–Crippen MR) is 135 cm³/mol. The van der Waals surface area contributed by atoms with Gasteiger partial charge < -0.3 is 4.74 Å². The monoisotopic (exact) mass is 461 g/mol. The van der Waals surface area contributed by atoms with Crippen molar-refractivity contribution < 1.29 is 9.53 Å². The number of nitrogens with zero attached hydrogens (tertiary/aromatic N) is 3. The summed E-state index contributed by atoms with van der Waals surface area (Å²) in [5.41, 5.74) is 4.55. The number of hydrogen-bond donors (Lipinski definition) is 0. The third kappa shape index (κ3) is 4.40. The minimum atomic E-state index is -0.110. The second kappa shape index (κ2) is 9.54. The Hall–Kier alpha value is -3.16. The number of aryl methyl sites for hydroxylation is 1. The molecule has 2 aromatic carbocycles. The van der Waals surface area contributed by atoms with E-state index in [0.29, 0.717) is 22.4 Å². The molecule has 1 fully saturated rings. The second-order valence-electron chi connectivity index (χ2n) is 7.21. The van der Waals surface area contributed by atoms with Crippen molar-refractivity contribution in [1.82, 2.24) is 14.7 Å². The molecule has 5 nitrogen and oxygen atoms in total. The Morgan fingerprint density at radius 1 is 1.22 bits per heavy atom.